The number of hydrogen-bond donors (Lipinski definition) is 2. The number of nitrogens with zero attached hydrogens (tertiary/aromatic N) is 1. The molecule has 6 nitrogen and oxygen atoms in total. The Morgan fingerprint density at radius 2 is 1.79 bits per heavy atom. The van der Waals surface area contributed by atoms with Crippen LogP contribution in [-0.2, 0) is 0 Å². The summed E-state index contributed by atoms with van der Waals surface area (Å²) in [5.74, 6) is 1.07. The number of nitrogens with one attached hydrogen (secondary N) is 2. The van der Waals surface area contributed by atoms with Crippen molar-refractivity contribution in [3.8, 4) is 11.5 Å². The maximum absolute atomic E-state index is 12.8. The van der Waals surface area contributed by atoms with Gasteiger partial charge in [0.2, 0.25) is 0 Å². The van der Waals surface area contributed by atoms with Gasteiger partial charge in [-0.2, -0.15) is 0 Å². The molecule has 0 atom stereocenters. The molecule has 0 unspecified atom stereocenters. The summed E-state index contributed by atoms with van der Waals surface area (Å²) in [4.78, 5) is 17.0. The number of para-hydroxylation sites is 2. The Morgan fingerprint density at radius 1 is 1.00 bits per heavy atom. The zero-order valence-electron chi connectivity index (χ0n) is 17.0. The van der Waals surface area contributed by atoms with Gasteiger partial charge in [-0.05, 0) is 56.7 Å². The third kappa shape index (κ3) is 5.25. The number of carbonyl (C=O) groups excluding carboxylic acids is 1. The van der Waals surface area contributed by atoms with Crippen LogP contribution in [0.2, 0.25) is 0 Å². The van der Waals surface area contributed by atoms with Crippen LogP contribution in [0, 0.1) is 6.92 Å². The first-order chi connectivity index (χ1) is 14.0. The number of aromatic nitrogens is 1. The van der Waals surface area contributed by atoms with Crippen LogP contribution in [0.5, 0.6) is 11.5 Å². The van der Waals surface area contributed by atoms with Gasteiger partial charge in [0, 0.05) is 6.20 Å². The standard InChI is InChI=1S/C23H25N3O3/c1-15(2)29-22-8-6-5-7-19(22)26-23(27)17-12-18(14-24-13-17)25-20-11-16(3)9-10-21(20)28-4/h5-15,25H,1-4H3,(H,26,27). The summed E-state index contributed by atoms with van der Waals surface area (Å²) < 4.78 is 11.2. The van der Waals surface area contributed by atoms with E-state index in [-0.39, 0.29) is 12.0 Å². The van der Waals surface area contributed by atoms with Gasteiger partial charge < -0.3 is 20.1 Å². The second-order valence-electron chi connectivity index (χ2n) is 6.91. The van der Waals surface area contributed by atoms with Crippen molar-refractivity contribution < 1.29 is 14.3 Å². The molecule has 1 amide bonds. The van der Waals surface area contributed by atoms with E-state index < -0.39 is 0 Å². The predicted octanol–water partition coefficient (Wildman–Crippen LogP) is 5.18. The van der Waals surface area contributed by atoms with Crippen molar-refractivity contribution in [3.05, 3.63) is 72.1 Å². The molecule has 1 heterocycles. The van der Waals surface area contributed by atoms with E-state index in [0.29, 0.717) is 28.4 Å². The highest BCUT2D eigenvalue weighted by atomic mass is 16.5. The van der Waals surface area contributed by atoms with E-state index in [1.165, 1.54) is 6.20 Å². The Bertz CT molecular complexity index is 1000. The molecule has 0 radical (unpaired) electrons. The number of hydrogen-bond acceptors (Lipinski definition) is 5. The highest BCUT2D eigenvalue weighted by molar-refractivity contribution is 6.05. The van der Waals surface area contributed by atoms with E-state index >= 15 is 0 Å². The molecule has 2 N–H and O–H groups in total. The Balaban J connectivity index is 1.80. The van der Waals surface area contributed by atoms with Gasteiger partial charge in [0.25, 0.3) is 5.91 Å². The second-order valence-corrected chi connectivity index (χ2v) is 6.91. The third-order valence-electron chi connectivity index (χ3n) is 4.13. The summed E-state index contributed by atoms with van der Waals surface area (Å²) >= 11 is 0. The van der Waals surface area contributed by atoms with Crippen molar-refractivity contribution in [1.29, 1.82) is 0 Å². The van der Waals surface area contributed by atoms with Gasteiger partial charge in [-0.25, -0.2) is 0 Å². The SMILES string of the molecule is COc1ccc(C)cc1Nc1cncc(C(=O)Nc2ccccc2OC(C)C)c1. The van der Waals surface area contributed by atoms with E-state index in [0.717, 1.165) is 11.3 Å². The fraction of sp³-hybridized carbons (Fsp3) is 0.217. The number of methoxy groups -OCH3 is 1. The van der Waals surface area contributed by atoms with Crippen LogP contribution in [0.4, 0.5) is 17.1 Å². The lowest BCUT2D eigenvalue weighted by atomic mass is 10.2. The highest BCUT2D eigenvalue weighted by Gasteiger charge is 2.12. The first-order valence-electron chi connectivity index (χ1n) is 9.40. The van der Waals surface area contributed by atoms with Crippen molar-refractivity contribution in [2.45, 2.75) is 26.9 Å². The summed E-state index contributed by atoms with van der Waals surface area (Å²) in [7, 11) is 1.62. The zero-order valence-corrected chi connectivity index (χ0v) is 17.0. The number of rotatable bonds is 7. The largest absolute Gasteiger partial charge is 0.495 e. The van der Waals surface area contributed by atoms with Crippen molar-refractivity contribution in [2.24, 2.45) is 0 Å². The molecule has 6 heteroatoms. The van der Waals surface area contributed by atoms with E-state index in [2.05, 4.69) is 15.6 Å². The molecule has 0 saturated carbocycles. The van der Waals surface area contributed by atoms with Gasteiger partial charge >= 0.3 is 0 Å². The number of pyridine rings is 1. The molecule has 3 rings (SSSR count). The van der Waals surface area contributed by atoms with Gasteiger partial charge in [0.1, 0.15) is 11.5 Å². The number of aryl methyl sites for hydroxylation is 1. The Hall–Kier alpha value is -3.54. The van der Waals surface area contributed by atoms with E-state index in [4.69, 9.17) is 9.47 Å². The van der Waals surface area contributed by atoms with Crippen molar-refractivity contribution in [2.75, 3.05) is 17.7 Å². The minimum absolute atomic E-state index is 0.00607. The van der Waals surface area contributed by atoms with E-state index in [9.17, 15) is 4.79 Å². The Morgan fingerprint density at radius 3 is 2.55 bits per heavy atom. The van der Waals surface area contributed by atoms with Crippen LogP contribution in [-0.4, -0.2) is 24.1 Å². The topological polar surface area (TPSA) is 72.5 Å². The van der Waals surface area contributed by atoms with Gasteiger partial charge in [-0.3, -0.25) is 9.78 Å². The fourth-order valence-corrected chi connectivity index (χ4v) is 2.83. The van der Waals surface area contributed by atoms with Crippen LogP contribution >= 0.6 is 0 Å². The van der Waals surface area contributed by atoms with Crippen LogP contribution in [0.1, 0.15) is 29.8 Å². The molecular weight excluding hydrogens is 366 g/mol. The summed E-state index contributed by atoms with van der Waals surface area (Å²) in [6.45, 7) is 5.89. The van der Waals surface area contributed by atoms with Gasteiger partial charge in [-0.1, -0.05) is 18.2 Å². The van der Waals surface area contributed by atoms with Crippen molar-refractivity contribution in [1.82, 2.24) is 4.98 Å². The number of anilines is 3. The Kier molecular flexibility index (Phi) is 6.34. The first-order valence-corrected chi connectivity index (χ1v) is 9.40. The monoisotopic (exact) mass is 391 g/mol. The minimum Gasteiger partial charge on any atom is -0.495 e. The summed E-state index contributed by atoms with van der Waals surface area (Å²) in [5.41, 5.74) is 3.64. The predicted molar refractivity (Wildman–Crippen MR) is 115 cm³/mol. The summed E-state index contributed by atoms with van der Waals surface area (Å²) in [6, 6.07) is 15.0. The molecule has 2 aromatic carbocycles. The molecule has 150 valence electrons. The molecule has 0 aliphatic heterocycles. The molecule has 1 aromatic heterocycles. The highest BCUT2D eigenvalue weighted by Crippen LogP contribution is 2.29. The molecule has 0 aliphatic rings. The van der Waals surface area contributed by atoms with Crippen molar-refractivity contribution >= 4 is 23.0 Å². The van der Waals surface area contributed by atoms with Crippen LogP contribution < -0.4 is 20.1 Å². The fourth-order valence-electron chi connectivity index (χ4n) is 2.83. The number of amides is 1. The number of benzene rings is 2. The molecule has 0 bridgehead atoms. The summed E-state index contributed by atoms with van der Waals surface area (Å²) in [5, 5.41) is 6.17. The molecular formula is C23H25N3O3. The van der Waals surface area contributed by atoms with Crippen molar-refractivity contribution in [3.63, 3.8) is 0 Å². The quantitative estimate of drug-likeness (QED) is 0.580. The van der Waals surface area contributed by atoms with Crippen LogP contribution in [0.3, 0.4) is 0 Å². The molecule has 0 spiro atoms. The minimum atomic E-state index is -0.267. The lowest BCUT2D eigenvalue weighted by Gasteiger charge is -2.15. The molecule has 0 aliphatic carbocycles. The van der Waals surface area contributed by atoms with Gasteiger partial charge in [0.15, 0.2) is 0 Å². The van der Waals surface area contributed by atoms with Gasteiger partial charge in [-0.15, -0.1) is 0 Å². The lowest BCUT2D eigenvalue weighted by molar-refractivity contribution is 0.102. The molecule has 29 heavy (non-hydrogen) atoms. The first kappa shape index (κ1) is 20.2. The molecule has 3 aromatic rings. The zero-order chi connectivity index (χ0) is 20.8. The molecule has 0 saturated heterocycles. The maximum atomic E-state index is 12.8. The number of ether oxygens (including phenoxy) is 2. The van der Waals surface area contributed by atoms with E-state index in [1.54, 1.807) is 19.4 Å². The lowest BCUT2D eigenvalue weighted by Crippen LogP contribution is -2.15. The smallest absolute Gasteiger partial charge is 0.257 e. The second kappa shape index (κ2) is 9.10. The average molecular weight is 391 g/mol. The third-order valence-corrected chi connectivity index (χ3v) is 4.13. The molecule has 0 fully saturated rings. The Labute approximate surface area is 170 Å². The van der Waals surface area contributed by atoms with Crippen LogP contribution in [0.15, 0.2) is 60.9 Å². The maximum Gasteiger partial charge on any atom is 0.257 e. The normalized spacial score (nSPS) is 10.5. The average Bonchev–Trinajstić information content (AvgIpc) is 2.69. The van der Waals surface area contributed by atoms with Crippen LogP contribution in [0.25, 0.3) is 0 Å². The number of carbonyl (C=O) groups is 1. The van der Waals surface area contributed by atoms with Gasteiger partial charge in [0.05, 0.1) is 42.0 Å². The summed E-state index contributed by atoms with van der Waals surface area (Å²) in [6.07, 6.45) is 3.19. The van der Waals surface area contributed by atoms with E-state index in [1.807, 2.05) is 63.2 Å².